The first-order valence-corrected chi connectivity index (χ1v) is 7.81. The highest BCUT2D eigenvalue weighted by molar-refractivity contribution is 6.37. The number of halogens is 3. The number of carbonyl (C=O) groups is 2. The number of nitrogens with one attached hydrogen (secondary N) is 1. The van der Waals surface area contributed by atoms with E-state index < -0.39 is 11.9 Å². The second-order valence-corrected chi connectivity index (χ2v) is 6.19. The minimum absolute atomic E-state index is 0.0396. The van der Waals surface area contributed by atoms with Crippen LogP contribution in [0.15, 0.2) is 42.1 Å². The summed E-state index contributed by atoms with van der Waals surface area (Å²) >= 11 is 17.6. The number of nitrogens with zero attached hydrogens (tertiary/aromatic N) is 1. The van der Waals surface area contributed by atoms with Gasteiger partial charge in [0.15, 0.2) is 5.75 Å². The molecule has 0 unspecified atom stereocenters. The van der Waals surface area contributed by atoms with Gasteiger partial charge in [0.1, 0.15) is 5.70 Å². The zero-order valence-electron chi connectivity index (χ0n) is 11.9. The number of hydrogen-bond acceptors (Lipinski definition) is 3. The monoisotopic (exact) mass is 382 g/mol. The van der Waals surface area contributed by atoms with Crippen molar-refractivity contribution in [2.45, 2.75) is 0 Å². The highest BCUT2D eigenvalue weighted by atomic mass is 35.5. The molecule has 5 nitrogen and oxygen atoms in total. The second kappa shape index (κ2) is 6.36. The average Bonchev–Trinajstić information content (AvgIpc) is 2.79. The lowest BCUT2D eigenvalue weighted by atomic mass is 10.1. The van der Waals surface area contributed by atoms with Crippen LogP contribution in [0.4, 0.5) is 10.5 Å². The van der Waals surface area contributed by atoms with Gasteiger partial charge in [-0.05, 0) is 42.0 Å². The maximum absolute atomic E-state index is 12.5. The average molecular weight is 384 g/mol. The molecule has 0 aromatic heterocycles. The SMILES string of the molecule is O=C1N/C(=C/c2cc(Cl)c(O)c(Cl)c2)C(=O)N1c1cccc(Cl)c1. The molecule has 0 spiro atoms. The van der Waals surface area contributed by atoms with Crippen molar-refractivity contribution in [2.75, 3.05) is 4.90 Å². The number of anilines is 1. The van der Waals surface area contributed by atoms with Crippen molar-refractivity contribution in [3.63, 3.8) is 0 Å². The van der Waals surface area contributed by atoms with Gasteiger partial charge in [-0.3, -0.25) is 4.79 Å². The Morgan fingerprint density at radius 1 is 1.04 bits per heavy atom. The number of urea groups is 1. The predicted octanol–water partition coefficient (Wildman–Crippen LogP) is 4.45. The predicted molar refractivity (Wildman–Crippen MR) is 93.6 cm³/mol. The van der Waals surface area contributed by atoms with Crippen LogP contribution >= 0.6 is 34.8 Å². The van der Waals surface area contributed by atoms with Gasteiger partial charge in [0.05, 0.1) is 15.7 Å². The summed E-state index contributed by atoms with van der Waals surface area (Å²) in [5, 5.41) is 12.5. The second-order valence-electron chi connectivity index (χ2n) is 4.94. The number of phenolic OH excluding ortho intramolecular Hbond substituents is 1. The van der Waals surface area contributed by atoms with Crippen LogP contribution in [-0.2, 0) is 4.79 Å². The number of phenols is 1. The van der Waals surface area contributed by atoms with E-state index in [1.165, 1.54) is 24.3 Å². The molecule has 1 fully saturated rings. The number of amides is 3. The lowest BCUT2D eigenvalue weighted by Gasteiger charge is -2.11. The first-order valence-electron chi connectivity index (χ1n) is 6.67. The Morgan fingerprint density at radius 3 is 2.33 bits per heavy atom. The maximum Gasteiger partial charge on any atom is 0.333 e. The van der Waals surface area contributed by atoms with Gasteiger partial charge < -0.3 is 10.4 Å². The summed E-state index contributed by atoms with van der Waals surface area (Å²) < 4.78 is 0. The molecule has 2 aromatic rings. The molecule has 0 aliphatic carbocycles. The lowest BCUT2D eigenvalue weighted by molar-refractivity contribution is -0.113. The molecule has 3 amide bonds. The van der Waals surface area contributed by atoms with Crippen LogP contribution in [0.5, 0.6) is 5.75 Å². The maximum atomic E-state index is 12.5. The molecule has 0 saturated carbocycles. The van der Waals surface area contributed by atoms with E-state index in [4.69, 9.17) is 34.8 Å². The quantitative estimate of drug-likeness (QED) is 0.594. The normalized spacial score (nSPS) is 16.0. The molecule has 2 aromatic carbocycles. The first kappa shape index (κ1) is 16.6. The standard InChI is InChI=1S/C16H9Cl3N2O3/c17-9-2-1-3-10(7-9)21-15(23)13(20-16(21)24)6-8-4-11(18)14(22)12(19)5-8/h1-7,22H,(H,20,24)/b13-6+. The van der Waals surface area contributed by atoms with Crippen LogP contribution in [0.1, 0.15) is 5.56 Å². The Morgan fingerprint density at radius 2 is 1.71 bits per heavy atom. The number of benzene rings is 2. The van der Waals surface area contributed by atoms with Crippen LogP contribution in [-0.4, -0.2) is 17.0 Å². The van der Waals surface area contributed by atoms with Crippen molar-refractivity contribution in [3.05, 3.63) is 62.7 Å². The topological polar surface area (TPSA) is 69.6 Å². The third-order valence-electron chi connectivity index (χ3n) is 3.29. The molecule has 1 aliphatic heterocycles. The van der Waals surface area contributed by atoms with E-state index in [2.05, 4.69) is 5.32 Å². The summed E-state index contributed by atoms with van der Waals surface area (Å²) in [7, 11) is 0. The largest absolute Gasteiger partial charge is 0.505 e. The minimum atomic E-state index is -0.593. The number of hydrogen-bond donors (Lipinski definition) is 2. The van der Waals surface area contributed by atoms with Gasteiger partial charge in [-0.1, -0.05) is 40.9 Å². The Hall–Kier alpha value is -2.21. The molecule has 122 valence electrons. The van der Waals surface area contributed by atoms with E-state index in [1.807, 2.05) is 0 Å². The molecular formula is C16H9Cl3N2O3. The van der Waals surface area contributed by atoms with Crippen molar-refractivity contribution in [2.24, 2.45) is 0 Å². The third-order valence-corrected chi connectivity index (χ3v) is 4.11. The highest BCUT2D eigenvalue weighted by Gasteiger charge is 2.34. The van der Waals surface area contributed by atoms with E-state index in [9.17, 15) is 14.7 Å². The van der Waals surface area contributed by atoms with Crippen molar-refractivity contribution in [3.8, 4) is 5.75 Å². The van der Waals surface area contributed by atoms with Crippen LogP contribution in [0, 0.1) is 0 Å². The molecule has 0 radical (unpaired) electrons. The van der Waals surface area contributed by atoms with Crippen LogP contribution in [0.2, 0.25) is 15.1 Å². The summed E-state index contributed by atoms with van der Waals surface area (Å²) in [5.74, 6) is -0.787. The Kier molecular flexibility index (Phi) is 4.41. The van der Waals surface area contributed by atoms with E-state index >= 15 is 0 Å². The molecule has 3 rings (SSSR count). The highest BCUT2D eigenvalue weighted by Crippen LogP contribution is 2.33. The van der Waals surface area contributed by atoms with Gasteiger partial charge in [-0.2, -0.15) is 0 Å². The van der Waals surface area contributed by atoms with Crippen LogP contribution < -0.4 is 10.2 Å². The van der Waals surface area contributed by atoms with Gasteiger partial charge >= 0.3 is 6.03 Å². The molecule has 24 heavy (non-hydrogen) atoms. The molecule has 2 N–H and O–H groups in total. The summed E-state index contributed by atoms with van der Waals surface area (Å²) in [6, 6.07) is 8.65. The molecule has 1 aliphatic rings. The number of rotatable bonds is 2. The third kappa shape index (κ3) is 3.06. The molecular weight excluding hydrogens is 375 g/mol. The van der Waals surface area contributed by atoms with E-state index in [1.54, 1.807) is 18.2 Å². The number of carbonyl (C=O) groups excluding carboxylic acids is 2. The number of aromatic hydroxyl groups is 1. The van der Waals surface area contributed by atoms with Crippen molar-refractivity contribution < 1.29 is 14.7 Å². The minimum Gasteiger partial charge on any atom is -0.505 e. The first-order chi connectivity index (χ1) is 11.4. The van der Waals surface area contributed by atoms with Crippen LogP contribution in [0.3, 0.4) is 0 Å². The van der Waals surface area contributed by atoms with Crippen molar-refractivity contribution >= 4 is 58.5 Å². The lowest BCUT2D eigenvalue weighted by Crippen LogP contribution is -2.30. The van der Waals surface area contributed by atoms with E-state index in [0.29, 0.717) is 16.3 Å². The van der Waals surface area contributed by atoms with Gasteiger partial charge in [0.2, 0.25) is 0 Å². The van der Waals surface area contributed by atoms with Gasteiger partial charge in [0.25, 0.3) is 5.91 Å². The number of imide groups is 1. The fraction of sp³-hybridized carbons (Fsp3) is 0. The zero-order chi connectivity index (χ0) is 17.4. The van der Waals surface area contributed by atoms with E-state index in [-0.39, 0.29) is 21.5 Å². The Labute approximate surface area is 152 Å². The van der Waals surface area contributed by atoms with Crippen molar-refractivity contribution in [1.82, 2.24) is 5.32 Å². The summed E-state index contributed by atoms with van der Waals surface area (Å²) in [6.45, 7) is 0. The van der Waals surface area contributed by atoms with Gasteiger partial charge in [0, 0.05) is 5.02 Å². The fourth-order valence-electron chi connectivity index (χ4n) is 2.22. The molecule has 8 heteroatoms. The molecule has 1 heterocycles. The summed E-state index contributed by atoms with van der Waals surface area (Å²) in [6.07, 6.45) is 1.42. The zero-order valence-corrected chi connectivity index (χ0v) is 14.2. The van der Waals surface area contributed by atoms with E-state index in [0.717, 1.165) is 4.90 Å². The Balaban J connectivity index is 1.97. The molecule has 0 bridgehead atoms. The van der Waals surface area contributed by atoms with Gasteiger partial charge in [-0.15, -0.1) is 0 Å². The summed E-state index contributed by atoms with van der Waals surface area (Å²) in [4.78, 5) is 25.6. The summed E-state index contributed by atoms with van der Waals surface area (Å²) in [5.41, 5.74) is 0.868. The molecule has 0 atom stereocenters. The van der Waals surface area contributed by atoms with Gasteiger partial charge in [-0.25, -0.2) is 9.69 Å². The van der Waals surface area contributed by atoms with Crippen molar-refractivity contribution in [1.29, 1.82) is 0 Å². The van der Waals surface area contributed by atoms with Crippen LogP contribution in [0.25, 0.3) is 6.08 Å². The Bertz CT molecular complexity index is 873. The molecule has 1 saturated heterocycles. The smallest absolute Gasteiger partial charge is 0.333 e. The fourth-order valence-corrected chi connectivity index (χ4v) is 2.91.